The van der Waals surface area contributed by atoms with Crippen LogP contribution >= 0.6 is 31.9 Å². The van der Waals surface area contributed by atoms with E-state index in [1.807, 2.05) is 12.1 Å². The Labute approximate surface area is 120 Å². The lowest BCUT2D eigenvalue weighted by Crippen LogP contribution is -2.17. The third-order valence-electron chi connectivity index (χ3n) is 3.47. The summed E-state index contributed by atoms with van der Waals surface area (Å²) in [5, 5.41) is 0. The van der Waals surface area contributed by atoms with Gasteiger partial charge in [0.25, 0.3) is 0 Å². The molecular formula is C14H18Br2O. The van der Waals surface area contributed by atoms with Crippen molar-refractivity contribution in [2.45, 2.75) is 36.9 Å². The Morgan fingerprint density at radius 3 is 2.88 bits per heavy atom. The van der Waals surface area contributed by atoms with Gasteiger partial charge in [0.15, 0.2) is 0 Å². The second-order valence-corrected chi connectivity index (χ2v) is 7.00. The van der Waals surface area contributed by atoms with Crippen LogP contribution in [0.3, 0.4) is 0 Å². The Bertz CT molecular complexity index is 378. The molecule has 2 unspecified atom stereocenters. The Balaban J connectivity index is 2.08. The van der Waals surface area contributed by atoms with Crippen molar-refractivity contribution in [3.63, 3.8) is 0 Å². The summed E-state index contributed by atoms with van der Waals surface area (Å²) < 4.78 is 6.57. The quantitative estimate of drug-likeness (QED) is 0.692. The molecule has 0 aliphatic heterocycles. The minimum atomic E-state index is 0.708. The van der Waals surface area contributed by atoms with Crippen LogP contribution in [0.25, 0.3) is 0 Å². The minimum absolute atomic E-state index is 0.708. The minimum Gasteiger partial charge on any atom is -0.496 e. The van der Waals surface area contributed by atoms with Gasteiger partial charge in [-0.1, -0.05) is 44.7 Å². The molecule has 17 heavy (non-hydrogen) atoms. The van der Waals surface area contributed by atoms with Gasteiger partial charge in [-0.3, -0.25) is 0 Å². The summed E-state index contributed by atoms with van der Waals surface area (Å²) in [5.41, 5.74) is 1.33. The molecule has 1 aromatic carbocycles. The molecule has 2 atom stereocenters. The number of hydrogen-bond donors (Lipinski definition) is 0. The maximum absolute atomic E-state index is 5.44. The van der Waals surface area contributed by atoms with Crippen molar-refractivity contribution in [2.24, 2.45) is 5.92 Å². The SMILES string of the molecule is COc1ccc(Br)cc1CC1CCCC(Br)C1. The highest BCUT2D eigenvalue weighted by molar-refractivity contribution is 9.10. The summed E-state index contributed by atoms with van der Waals surface area (Å²) in [4.78, 5) is 0.708. The highest BCUT2D eigenvalue weighted by Crippen LogP contribution is 2.34. The largest absolute Gasteiger partial charge is 0.496 e. The molecular weight excluding hydrogens is 344 g/mol. The number of methoxy groups -OCH3 is 1. The number of rotatable bonds is 3. The Kier molecular flexibility index (Phi) is 4.92. The Morgan fingerprint density at radius 2 is 2.18 bits per heavy atom. The van der Waals surface area contributed by atoms with Crippen LogP contribution in [0, 0.1) is 5.92 Å². The van der Waals surface area contributed by atoms with Gasteiger partial charge >= 0.3 is 0 Å². The van der Waals surface area contributed by atoms with Crippen molar-refractivity contribution in [1.29, 1.82) is 0 Å². The number of halogens is 2. The highest BCUT2D eigenvalue weighted by Gasteiger charge is 2.21. The van der Waals surface area contributed by atoms with E-state index >= 15 is 0 Å². The van der Waals surface area contributed by atoms with E-state index in [1.165, 1.54) is 31.2 Å². The highest BCUT2D eigenvalue weighted by atomic mass is 79.9. The third kappa shape index (κ3) is 3.72. The fourth-order valence-electron chi connectivity index (χ4n) is 2.63. The third-order valence-corrected chi connectivity index (χ3v) is 4.79. The van der Waals surface area contributed by atoms with E-state index in [-0.39, 0.29) is 0 Å². The summed E-state index contributed by atoms with van der Waals surface area (Å²) in [7, 11) is 1.75. The Morgan fingerprint density at radius 1 is 1.35 bits per heavy atom. The molecule has 0 heterocycles. The van der Waals surface area contributed by atoms with Crippen LogP contribution in [-0.2, 0) is 6.42 Å². The van der Waals surface area contributed by atoms with Crippen molar-refractivity contribution in [3.8, 4) is 5.75 Å². The van der Waals surface area contributed by atoms with E-state index in [2.05, 4.69) is 37.9 Å². The van der Waals surface area contributed by atoms with Gasteiger partial charge in [0.05, 0.1) is 7.11 Å². The fourth-order valence-corrected chi connectivity index (χ4v) is 3.89. The van der Waals surface area contributed by atoms with E-state index in [0.29, 0.717) is 4.83 Å². The standard InChI is InChI=1S/C14H18Br2O/c1-17-14-6-5-13(16)9-11(14)7-10-3-2-4-12(15)8-10/h5-6,9-10,12H,2-4,7-8H2,1H3. The van der Waals surface area contributed by atoms with E-state index in [4.69, 9.17) is 4.74 Å². The van der Waals surface area contributed by atoms with E-state index in [1.54, 1.807) is 7.11 Å². The zero-order valence-corrected chi connectivity index (χ0v) is 13.3. The molecule has 0 amide bonds. The molecule has 1 fully saturated rings. The molecule has 94 valence electrons. The molecule has 0 spiro atoms. The molecule has 2 rings (SSSR count). The number of hydrogen-bond acceptors (Lipinski definition) is 1. The molecule has 0 radical (unpaired) electrons. The van der Waals surface area contributed by atoms with Gasteiger partial charge in [0, 0.05) is 9.30 Å². The first-order valence-electron chi connectivity index (χ1n) is 6.15. The van der Waals surface area contributed by atoms with Crippen LogP contribution in [0.15, 0.2) is 22.7 Å². The zero-order valence-electron chi connectivity index (χ0n) is 10.1. The molecule has 1 aromatic rings. The first-order chi connectivity index (χ1) is 8.19. The van der Waals surface area contributed by atoms with Crippen LogP contribution in [0.4, 0.5) is 0 Å². The maximum atomic E-state index is 5.44. The van der Waals surface area contributed by atoms with Crippen LogP contribution in [0.1, 0.15) is 31.2 Å². The molecule has 3 heteroatoms. The second kappa shape index (κ2) is 6.24. The van der Waals surface area contributed by atoms with E-state index in [9.17, 15) is 0 Å². The number of benzene rings is 1. The molecule has 0 bridgehead atoms. The summed E-state index contributed by atoms with van der Waals surface area (Å²) >= 11 is 7.29. The molecule has 1 saturated carbocycles. The fraction of sp³-hybridized carbons (Fsp3) is 0.571. The predicted molar refractivity (Wildman–Crippen MR) is 79.1 cm³/mol. The van der Waals surface area contributed by atoms with Crippen molar-refractivity contribution in [3.05, 3.63) is 28.2 Å². The summed E-state index contributed by atoms with van der Waals surface area (Å²) in [5.74, 6) is 1.81. The zero-order chi connectivity index (χ0) is 12.3. The number of alkyl halides is 1. The molecule has 0 aromatic heterocycles. The predicted octanol–water partition coefficient (Wildman–Crippen LogP) is 4.95. The normalized spacial score (nSPS) is 24.6. The lowest BCUT2D eigenvalue weighted by Gasteiger charge is -2.26. The number of ether oxygens (including phenoxy) is 1. The molecule has 1 aliphatic carbocycles. The monoisotopic (exact) mass is 360 g/mol. The molecule has 1 nitrogen and oxygen atoms in total. The van der Waals surface area contributed by atoms with Crippen LogP contribution in [0.2, 0.25) is 0 Å². The van der Waals surface area contributed by atoms with Crippen molar-refractivity contribution < 1.29 is 4.74 Å². The van der Waals surface area contributed by atoms with Gasteiger partial charge < -0.3 is 4.74 Å². The van der Waals surface area contributed by atoms with E-state index < -0.39 is 0 Å². The van der Waals surface area contributed by atoms with Crippen LogP contribution < -0.4 is 4.74 Å². The average molecular weight is 362 g/mol. The van der Waals surface area contributed by atoms with Crippen molar-refractivity contribution in [1.82, 2.24) is 0 Å². The van der Waals surface area contributed by atoms with Gasteiger partial charge in [-0.25, -0.2) is 0 Å². The Hall–Kier alpha value is -0.0200. The molecule has 1 aliphatic rings. The topological polar surface area (TPSA) is 9.23 Å². The molecule has 0 saturated heterocycles. The van der Waals surface area contributed by atoms with Crippen molar-refractivity contribution >= 4 is 31.9 Å². The summed E-state index contributed by atoms with van der Waals surface area (Å²) in [6.07, 6.45) is 6.43. The van der Waals surface area contributed by atoms with Gasteiger partial charge in [0.1, 0.15) is 5.75 Å². The van der Waals surface area contributed by atoms with Gasteiger partial charge in [-0.15, -0.1) is 0 Å². The molecule has 0 N–H and O–H groups in total. The van der Waals surface area contributed by atoms with Crippen molar-refractivity contribution in [2.75, 3.05) is 7.11 Å². The summed E-state index contributed by atoms with van der Waals surface area (Å²) in [6, 6.07) is 6.28. The lowest BCUT2D eigenvalue weighted by molar-refractivity contribution is 0.357. The van der Waals surface area contributed by atoms with Gasteiger partial charge in [-0.2, -0.15) is 0 Å². The maximum Gasteiger partial charge on any atom is 0.122 e. The van der Waals surface area contributed by atoms with Crippen LogP contribution in [0.5, 0.6) is 5.75 Å². The van der Waals surface area contributed by atoms with Gasteiger partial charge in [-0.05, 0) is 48.9 Å². The average Bonchev–Trinajstić information content (AvgIpc) is 2.29. The van der Waals surface area contributed by atoms with E-state index in [0.717, 1.165) is 22.6 Å². The van der Waals surface area contributed by atoms with Crippen LogP contribution in [-0.4, -0.2) is 11.9 Å². The van der Waals surface area contributed by atoms with Gasteiger partial charge in [0.2, 0.25) is 0 Å². The second-order valence-electron chi connectivity index (χ2n) is 4.79. The first-order valence-corrected chi connectivity index (χ1v) is 7.86. The summed E-state index contributed by atoms with van der Waals surface area (Å²) in [6.45, 7) is 0. The first kappa shape index (κ1) is 13.4. The smallest absolute Gasteiger partial charge is 0.122 e. The lowest BCUT2D eigenvalue weighted by atomic mass is 9.84.